The molecule has 1 aromatic carbocycles. The van der Waals surface area contributed by atoms with Crippen molar-refractivity contribution < 1.29 is 4.52 Å². The predicted molar refractivity (Wildman–Crippen MR) is 73.5 cm³/mol. The van der Waals surface area contributed by atoms with Crippen molar-refractivity contribution in [1.29, 1.82) is 0 Å². The molecule has 0 aliphatic rings. The molecule has 0 atom stereocenters. The van der Waals surface area contributed by atoms with Crippen LogP contribution >= 0.6 is 11.8 Å². The number of aromatic nitrogens is 2. The first-order valence-electron chi connectivity index (χ1n) is 5.74. The maximum atomic E-state index is 5.92. The quantitative estimate of drug-likeness (QED) is 0.859. The largest absolute Gasteiger partial charge is 0.339 e. The molecule has 0 aliphatic heterocycles. The third-order valence-electron chi connectivity index (χ3n) is 2.42. The Morgan fingerprint density at radius 3 is 2.50 bits per heavy atom. The van der Waals surface area contributed by atoms with Crippen LogP contribution in [-0.4, -0.2) is 21.9 Å². The summed E-state index contributed by atoms with van der Waals surface area (Å²) in [6.07, 6.45) is 2.62. The number of rotatable bonds is 4. The third kappa shape index (κ3) is 3.34. The van der Waals surface area contributed by atoms with Crippen molar-refractivity contribution in [2.24, 2.45) is 5.73 Å². The van der Waals surface area contributed by atoms with Gasteiger partial charge in [0.2, 0.25) is 11.7 Å². The first kappa shape index (κ1) is 13.1. The maximum absolute atomic E-state index is 5.92. The minimum Gasteiger partial charge on any atom is -0.339 e. The van der Waals surface area contributed by atoms with Gasteiger partial charge in [-0.3, -0.25) is 0 Å². The van der Waals surface area contributed by atoms with E-state index in [-0.39, 0.29) is 5.54 Å². The molecular formula is C13H17N3OS. The van der Waals surface area contributed by atoms with Gasteiger partial charge in [0, 0.05) is 22.4 Å². The smallest absolute Gasteiger partial charge is 0.228 e. The van der Waals surface area contributed by atoms with Crippen LogP contribution in [-0.2, 0) is 6.42 Å². The Labute approximate surface area is 111 Å². The van der Waals surface area contributed by atoms with Gasteiger partial charge in [-0.05, 0) is 44.4 Å². The average molecular weight is 263 g/mol. The van der Waals surface area contributed by atoms with Crippen LogP contribution in [0, 0.1) is 0 Å². The Kier molecular flexibility index (Phi) is 3.73. The summed E-state index contributed by atoms with van der Waals surface area (Å²) in [5.41, 5.74) is 6.54. The zero-order valence-electron chi connectivity index (χ0n) is 10.8. The van der Waals surface area contributed by atoms with Crippen molar-refractivity contribution in [1.82, 2.24) is 10.1 Å². The number of nitrogens with zero attached hydrogens (tertiary/aromatic N) is 2. The van der Waals surface area contributed by atoms with Gasteiger partial charge in [0.25, 0.3) is 0 Å². The minimum atomic E-state index is -0.341. The van der Waals surface area contributed by atoms with Crippen LogP contribution in [0.15, 0.2) is 33.7 Å². The maximum Gasteiger partial charge on any atom is 0.228 e. The molecule has 96 valence electrons. The Morgan fingerprint density at radius 2 is 1.94 bits per heavy atom. The molecule has 0 radical (unpaired) electrons. The average Bonchev–Trinajstić information content (AvgIpc) is 2.75. The number of benzene rings is 1. The van der Waals surface area contributed by atoms with Crippen molar-refractivity contribution in [3.8, 4) is 11.4 Å². The molecule has 0 aliphatic carbocycles. The van der Waals surface area contributed by atoms with Crippen molar-refractivity contribution in [2.75, 3.05) is 6.26 Å². The van der Waals surface area contributed by atoms with Crippen LogP contribution in [0.4, 0.5) is 0 Å². The molecule has 2 N–H and O–H groups in total. The van der Waals surface area contributed by atoms with Crippen LogP contribution in [0.3, 0.4) is 0 Å². The summed E-state index contributed by atoms with van der Waals surface area (Å²) in [6, 6.07) is 8.08. The van der Waals surface area contributed by atoms with Gasteiger partial charge in [0.1, 0.15) is 0 Å². The van der Waals surface area contributed by atoms with E-state index in [1.807, 2.05) is 44.4 Å². The van der Waals surface area contributed by atoms with Crippen LogP contribution in [0.25, 0.3) is 11.4 Å². The summed E-state index contributed by atoms with van der Waals surface area (Å²) in [5.74, 6) is 1.19. The highest BCUT2D eigenvalue weighted by Crippen LogP contribution is 2.21. The van der Waals surface area contributed by atoms with Crippen molar-refractivity contribution in [3.05, 3.63) is 30.2 Å². The van der Waals surface area contributed by atoms with Crippen LogP contribution in [0.5, 0.6) is 0 Å². The van der Waals surface area contributed by atoms with E-state index in [1.165, 1.54) is 4.90 Å². The summed E-state index contributed by atoms with van der Waals surface area (Å²) in [5, 5.41) is 3.98. The number of hydrogen-bond acceptors (Lipinski definition) is 5. The zero-order valence-corrected chi connectivity index (χ0v) is 11.6. The van der Waals surface area contributed by atoms with E-state index in [0.29, 0.717) is 18.1 Å². The highest BCUT2D eigenvalue weighted by atomic mass is 32.2. The molecule has 2 aromatic rings. The SMILES string of the molecule is CSc1ccc(-c2noc(CC(C)(C)N)n2)cc1. The van der Waals surface area contributed by atoms with Crippen LogP contribution in [0.1, 0.15) is 19.7 Å². The molecule has 0 fully saturated rings. The third-order valence-corrected chi connectivity index (χ3v) is 3.17. The lowest BCUT2D eigenvalue weighted by Gasteiger charge is -2.14. The molecule has 0 spiro atoms. The van der Waals surface area contributed by atoms with Gasteiger partial charge in [0.05, 0.1) is 0 Å². The van der Waals surface area contributed by atoms with Crippen molar-refractivity contribution in [3.63, 3.8) is 0 Å². The van der Waals surface area contributed by atoms with Gasteiger partial charge in [-0.2, -0.15) is 4.98 Å². The van der Waals surface area contributed by atoms with Gasteiger partial charge in [0.15, 0.2) is 0 Å². The van der Waals surface area contributed by atoms with E-state index >= 15 is 0 Å². The normalized spacial score (nSPS) is 11.8. The van der Waals surface area contributed by atoms with E-state index in [1.54, 1.807) is 11.8 Å². The number of thioether (sulfide) groups is 1. The highest BCUT2D eigenvalue weighted by molar-refractivity contribution is 7.98. The number of nitrogens with two attached hydrogens (primary N) is 1. The second kappa shape index (κ2) is 5.12. The summed E-state index contributed by atoms with van der Waals surface area (Å²) < 4.78 is 5.21. The molecule has 18 heavy (non-hydrogen) atoms. The lowest BCUT2D eigenvalue weighted by Crippen LogP contribution is -2.34. The Bertz CT molecular complexity index is 514. The summed E-state index contributed by atoms with van der Waals surface area (Å²) >= 11 is 1.70. The first-order chi connectivity index (χ1) is 8.48. The van der Waals surface area contributed by atoms with Crippen LogP contribution < -0.4 is 5.73 Å². The van der Waals surface area contributed by atoms with Crippen LogP contribution in [0.2, 0.25) is 0 Å². The summed E-state index contributed by atoms with van der Waals surface area (Å²) in [6.45, 7) is 3.87. The van der Waals surface area contributed by atoms with Gasteiger partial charge in [-0.15, -0.1) is 11.8 Å². The highest BCUT2D eigenvalue weighted by Gasteiger charge is 2.17. The monoisotopic (exact) mass is 263 g/mol. The molecule has 0 amide bonds. The van der Waals surface area contributed by atoms with E-state index in [4.69, 9.17) is 10.3 Å². The molecule has 0 saturated heterocycles. The zero-order chi connectivity index (χ0) is 13.2. The Morgan fingerprint density at radius 1 is 1.28 bits per heavy atom. The molecule has 2 rings (SSSR count). The van der Waals surface area contributed by atoms with Gasteiger partial charge >= 0.3 is 0 Å². The molecule has 5 heteroatoms. The standard InChI is InChI=1S/C13H17N3OS/c1-13(2,14)8-11-15-12(16-17-11)9-4-6-10(18-3)7-5-9/h4-7H,8,14H2,1-3H3. The molecule has 0 saturated carbocycles. The van der Waals surface area contributed by atoms with Gasteiger partial charge in [-0.1, -0.05) is 5.16 Å². The molecule has 0 unspecified atom stereocenters. The van der Waals surface area contributed by atoms with Crippen molar-refractivity contribution in [2.45, 2.75) is 30.7 Å². The summed E-state index contributed by atoms with van der Waals surface area (Å²) in [7, 11) is 0. The fourth-order valence-corrected chi connectivity index (χ4v) is 1.98. The predicted octanol–water partition coefficient (Wildman–Crippen LogP) is 2.74. The summed E-state index contributed by atoms with van der Waals surface area (Å²) in [4.78, 5) is 5.57. The first-order valence-corrected chi connectivity index (χ1v) is 6.96. The Balaban J connectivity index is 2.18. The van der Waals surface area contributed by atoms with E-state index in [9.17, 15) is 0 Å². The molecular weight excluding hydrogens is 246 g/mol. The topological polar surface area (TPSA) is 64.9 Å². The molecule has 1 aromatic heterocycles. The molecule has 4 nitrogen and oxygen atoms in total. The van der Waals surface area contributed by atoms with E-state index < -0.39 is 0 Å². The second-order valence-corrected chi connectivity index (χ2v) is 5.79. The fraction of sp³-hybridized carbons (Fsp3) is 0.385. The lowest BCUT2D eigenvalue weighted by atomic mass is 10.0. The fourth-order valence-electron chi connectivity index (χ4n) is 1.57. The molecule has 1 heterocycles. The van der Waals surface area contributed by atoms with E-state index in [2.05, 4.69) is 10.1 Å². The van der Waals surface area contributed by atoms with Crippen molar-refractivity contribution >= 4 is 11.8 Å². The number of hydrogen-bond donors (Lipinski definition) is 1. The van der Waals surface area contributed by atoms with E-state index in [0.717, 1.165) is 5.56 Å². The minimum absolute atomic E-state index is 0.341. The molecule has 0 bridgehead atoms. The van der Waals surface area contributed by atoms with Gasteiger partial charge in [-0.25, -0.2) is 0 Å². The Hall–Kier alpha value is -1.33. The van der Waals surface area contributed by atoms with Gasteiger partial charge < -0.3 is 10.3 Å². The second-order valence-electron chi connectivity index (χ2n) is 4.91. The lowest BCUT2D eigenvalue weighted by molar-refractivity contribution is 0.348.